The van der Waals surface area contributed by atoms with Crippen molar-refractivity contribution in [2.45, 2.75) is 142 Å². The Bertz CT molecular complexity index is 984. The Hall–Kier alpha value is -1.80. The van der Waals surface area contributed by atoms with Crippen LogP contribution in [-0.4, -0.2) is 70.7 Å². The van der Waals surface area contributed by atoms with E-state index >= 15 is 0 Å². The summed E-state index contributed by atoms with van der Waals surface area (Å²) in [7, 11) is 1.32. The predicted molar refractivity (Wildman–Crippen MR) is 208 cm³/mol. The van der Waals surface area contributed by atoms with E-state index in [1.54, 1.807) is 0 Å². The molecule has 0 rings (SSSR count). The second-order valence-electron chi connectivity index (χ2n) is 13.9. The van der Waals surface area contributed by atoms with Crippen LogP contribution in [0.2, 0.25) is 0 Å². The predicted octanol–water partition coefficient (Wildman–Crippen LogP) is 10.4. The lowest BCUT2D eigenvalue weighted by Gasteiger charge is -2.28. The van der Waals surface area contributed by atoms with Crippen LogP contribution >= 0.6 is 7.82 Å². The first-order valence-corrected chi connectivity index (χ1v) is 21.0. The molecule has 0 aliphatic heterocycles. The van der Waals surface area contributed by atoms with Crippen molar-refractivity contribution in [3.63, 3.8) is 0 Å². The topological polar surface area (TPSA) is 94.1 Å². The van der Waals surface area contributed by atoms with Gasteiger partial charge in [-0.1, -0.05) is 120 Å². The molecule has 0 spiro atoms. The van der Waals surface area contributed by atoms with E-state index in [2.05, 4.69) is 74.6 Å². The molecular formula is C41H74NO7P. The molecule has 9 heteroatoms. The number of phosphoric acid groups is 1. The standard InChI is InChI=1S/C41H74NO7P/c1-6-8-10-12-14-16-18-20-21-23-25-27-29-31-33-36-46-38-40(39-48-50(44,45)47-37-35-42(3,4)5)49-41(43)34-32-30-28-26-24-22-19-17-15-13-11-9-7-2/h9,11-12,14-15,17-18,20,22,24,40H,6-8,10,13,16,19,21,23,25-39H2,1-5H3/b11-9-,14-12-,17-15-,20-18-,24-22-. The Morgan fingerprint density at radius 3 is 1.74 bits per heavy atom. The largest absolute Gasteiger partial charge is 0.756 e. The molecule has 0 amide bonds. The van der Waals surface area contributed by atoms with E-state index in [1.807, 2.05) is 21.1 Å². The van der Waals surface area contributed by atoms with Gasteiger partial charge in [0, 0.05) is 13.0 Å². The van der Waals surface area contributed by atoms with Crippen molar-refractivity contribution in [1.82, 2.24) is 0 Å². The lowest BCUT2D eigenvalue weighted by atomic mass is 10.1. The molecule has 0 aromatic heterocycles. The summed E-state index contributed by atoms with van der Waals surface area (Å²) in [5, 5.41) is 0. The van der Waals surface area contributed by atoms with Gasteiger partial charge in [-0.05, 0) is 70.6 Å². The number of nitrogens with zero attached hydrogens (tertiary/aromatic N) is 1. The third-order valence-electron chi connectivity index (χ3n) is 7.80. The number of rotatable bonds is 35. The zero-order valence-corrected chi connectivity index (χ0v) is 33.5. The van der Waals surface area contributed by atoms with Gasteiger partial charge in [0.1, 0.15) is 19.3 Å². The summed E-state index contributed by atoms with van der Waals surface area (Å²) in [6, 6.07) is 0. The van der Waals surface area contributed by atoms with Crippen LogP contribution in [0, 0.1) is 0 Å². The van der Waals surface area contributed by atoms with Crippen LogP contribution < -0.4 is 4.89 Å². The Kier molecular flexibility index (Phi) is 33.1. The van der Waals surface area contributed by atoms with Gasteiger partial charge in [-0.25, -0.2) is 0 Å². The van der Waals surface area contributed by atoms with E-state index in [9.17, 15) is 14.3 Å². The molecule has 0 fully saturated rings. The first-order valence-electron chi connectivity index (χ1n) is 19.5. The van der Waals surface area contributed by atoms with Gasteiger partial charge in [-0.15, -0.1) is 0 Å². The lowest BCUT2D eigenvalue weighted by Crippen LogP contribution is -2.37. The average Bonchev–Trinajstić information content (AvgIpc) is 3.06. The Balaban J connectivity index is 4.37. The molecule has 0 aromatic rings. The van der Waals surface area contributed by atoms with Gasteiger partial charge in [0.15, 0.2) is 0 Å². The van der Waals surface area contributed by atoms with Crippen molar-refractivity contribution < 1.29 is 37.3 Å². The molecule has 0 aliphatic rings. The van der Waals surface area contributed by atoms with Crippen molar-refractivity contribution in [1.29, 1.82) is 0 Å². The molecule has 2 unspecified atom stereocenters. The third-order valence-corrected chi connectivity index (χ3v) is 8.77. The van der Waals surface area contributed by atoms with Crippen molar-refractivity contribution in [3.8, 4) is 0 Å². The summed E-state index contributed by atoms with van der Waals surface area (Å²) < 4.78 is 34.4. The van der Waals surface area contributed by atoms with Crippen LogP contribution in [0.3, 0.4) is 0 Å². The number of hydrogen-bond acceptors (Lipinski definition) is 7. The van der Waals surface area contributed by atoms with Crippen LogP contribution in [0.4, 0.5) is 0 Å². The average molecular weight is 724 g/mol. The van der Waals surface area contributed by atoms with Gasteiger partial charge >= 0.3 is 5.97 Å². The fourth-order valence-electron chi connectivity index (χ4n) is 4.75. The van der Waals surface area contributed by atoms with E-state index in [1.165, 1.54) is 38.5 Å². The van der Waals surface area contributed by atoms with Gasteiger partial charge in [0.25, 0.3) is 7.82 Å². The van der Waals surface area contributed by atoms with E-state index in [4.69, 9.17) is 18.5 Å². The minimum Gasteiger partial charge on any atom is -0.756 e. The normalized spacial score (nSPS) is 14.6. The van der Waals surface area contributed by atoms with Gasteiger partial charge in [-0.2, -0.15) is 0 Å². The summed E-state index contributed by atoms with van der Waals surface area (Å²) in [6.07, 6.45) is 40.9. The Morgan fingerprint density at radius 1 is 0.640 bits per heavy atom. The van der Waals surface area contributed by atoms with E-state index < -0.39 is 13.9 Å². The van der Waals surface area contributed by atoms with Crippen LogP contribution in [0.1, 0.15) is 136 Å². The number of hydrogen-bond donors (Lipinski definition) is 0. The first kappa shape index (κ1) is 48.2. The molecule has 0 aromatic carbocycles. The number of quaternary nitrogens is 1. The summed E-state index contributed by atoms with van der Waals surface area (Å²) in [5.41, 5.74) is 0. The van der Waals surface area contributed by atoms with E-state index in [0.717, 1.165) is 70.6 Å². The molecule has 0 heterocycles. The summed E-state index contributed by atoms with van der Waals surface area (Å²) >= 11 is 0. The van der Waals surface area contributed by atoms with Crippen molar-refractivity contribution >= 4 is 13.8 Å². The van der Waals surface area contributed by atoms with Gasteiger partial charge in [0.05, 0.1) is 34.4 Å². The Morgan fingerprint density at radius 2 is 1.16 bits per heavy atom. The van der Waals surface area contributed by atoms with Crippen LogP contribution in [0.25, 0.3) is 0 Å². The monoisotopic (exact) mass is 724 g/mol. The minimum atomic E-state index is -4.53. The molecule has 0 saturated carbocycles. The number of carbonyl (C=O) groups is 1. The van der Waals surface area contributed by atoms with Crippen LogP contribution in [-0.2, 0) is 27.9 Å². The Labute approximate surface area is 307 Å². The number of unbranched alkanes of at least 4 members (excludes halogenated alkanes) is 11. The number of phosphoric ester groups is 1. The highest BCUT2D eigenvalue weighted by molar-refractivity contribution is 7.45. The van der Waals surface area contributed by atoms with Crippen molar-refractivity contribution in [3.05, 3.63) is 60.8 Å². The summed E-state index contributed by atoms with van der Waals surface area (Å²) in [6.45, 7) is 5.16. The molecule has 8 nitrogen and oxygen atoms in total. The maximum absolute atomic E-state index is 12.6. The van der Waals surface area contributed by atoms with Crippen molar-refractivity contribution in [2.75, 3.05) is 54.1 Å². The highest BCUT2D eigenvalue weighted by Crippen LogP contribution is 2.38. The summed E-state index contributed by atoms with van der Waals surface area (Å²) in [5.74, 6) is -0.370. The van der Waals surface area contributed by atoms with Gasteiger partial charge in [0.2, 0.25) is 0 Å². The lowest BCUT2D eigenvalue weighted by molar-refractivity contribution is -0.870. The molecule has 0 radical (unpaired) electrons. The molecule has 290 valence electrons. The second kappa shape index (κ2) is 34.3. The summed E-state index contributed by atoms with van der Waals surface area (Å²) in [4.78, 5) is 24.9. The molecule has 0 N–H and O–H groups in total. The third kappa shape index (κ3) is 37.5. The fourth-order valence-corrected chi connectivity index (χ4v) is 5.48. The molecule has 50 heavy (non-hydrogen) atoms. The first-order chi connectivity index (χ1) is 24.1. The molecule has 2 atom stereocenters. The highest BCUT2D eigenvalue weighted by Gasteiger charge is 2.20. The number of likely N-dealkylation sites (N-methyl/N-ethyl adjacent to an activating group) is 1. The smallest absolute Gasteiger partial charge is 0.306 e. The maximum atomic E-state index is 12.6. The van der Waals surface area contributed by atoms with E-state index in [-0.39, 0.29) is 32.2 Å². The minimum absolute atomic E-state index is 0.0151. The number of allylic oxidation sites excluding steroid dienone is 10. The van der Waals surface area contributed by atoms with E-state index in [0.29, 0.717) is 24.1 Å². The van der Waals surface area contributed by atoms with Crippen LogP contribution in [0.5, 0.6) is 0 Å². The zero-order chi connectivity index (χ0) is 37.0. The number of esters is 1. The van der Waals surface area contributed by atoms with Gasteiger partial charge < -0.3 is 27.9 Å². The highest BCUT2D eigenvalue weighted by atomic mass is 31.2. The maximum Gasteiger partial charge on any atom is 0.306 e. The second-order valence-corrected chi connectivity index (χ2v) is 15.3. The quantitative estimate of drug-likeness (QED) is 0.0211. The van der Waals surface area contributed by atoms with Crippen molar-refractivity contribution in [2.24, 2.45) is 0 Å². The molecule has 0 saturated heterocycles. The SMILES string of the molecule is CC/C=C\C/C=C\C/C=C\CCCCCC(=O)OC(COCCCCCCCC/C=C\C/C=C\CCCC)COP(=O)([O-])OCC[N+](C)(C)C. The molecule has 0 bridgehead atoms. The molecule has 0 aliphatic carbocycles. The van der Waals surface area contributed by atoms with Gasteiger partial charge in [-0.3, -0.25) is 9.36 Å². The molecular weight excluding hydrogens is 649 g/mol. The fraction of sp³-hybridized carbons (Fsp3) is 0.732. The van der Waals surface area contributed by atoms with Crippen LogP contribution in [0.15, 0.2) is 60.8 Å². The number of carbonyl (C=O) groups excluding carboxylic acids is 1. The zero-order valence-electron chi connectivity index (χ0n) is 32.6. The number of ether oxygens (including phenoxy) is 2.